The van der Waals surface area contributed by atoms with E-state index in [0.29, 0.717) is 46.4 Å². The van der Waals surface area contributed by atoms with E-state index in [1.807, 2.05) is 30.3 Å². The number of carbonyl (C=O) groups excluding carboxylic acids is 1. The largest absolute Gasteiger partial charge is 0.479 e. The summed E-state index contributed by atoms with van der Waals surface area (Å²) >= 11 is 0. The Labute approximate surface area is 184 Å². The number of hydrogen-bond donors (Lipinski definition) is 1. The monoisotopic (exact) mass is 431 g/mol. The maximum absolute atomic E-state index is 13.1. The molecule has 1 N–H and O–H groups in total. The Balaban J connectivity index is 1.60. The van der Waals surface area contributed by atoms with Crippen molar-refractivity contribution >= 4 is 11.6 Å². The van der Waals surface area contributed by atoms with Crippen molar-refractivity contribution in [1.82, 2.24) is 20.1 Å². The fraction of sp³-hybridized carbons (Fsp3) is 0.174. The zero-order chi connectivity index (χ0) is 22.5. The number of hydrogen-bond acceptors (Lipinski definition) is 8. The van der Waals surface area contributed by atoms with Crippen molar-refractivity contribution in [2.24, 2.45) is 0 Å². The molecule has 0 radical (unpaired) electrons. The van der Waals surface area contributed by atoms with Gasteiger partial charge < -0.3 is 19.3 Å². The summed E-state index contributed by atoms with van der Waals surface area (Å²) < 4.78 is 15.7. The molecule has 0 atom stereocenters. The highest BCUT2D eigenvalue weighted by Crippen LogP contribution is 2.29. The van der Waals surface area contributed by atoms with Gasteiger partial charge in [-0.3, -0.25) is 4.79 Å². The Kier molecular flexibility index (Phi) is 6.18. The summed E-state index contributed by atoms with van der Waals surface area (Å²) in [6.45, 7) is 2.02. The zero-order valence-corrected chi connectivity index (χ0v) is 17.8. The molecular weight excluding hydrogens is 410 g/mol. The highest BCUT2D eigenvalue weighted by atomic mass is 16.5. The van der Waals surface area contributed by atoms with Gasteiger partial charge in [-0.2, -0.15) is 0 Å². The minimum atomic E-state index is -0.372. The van der Waals surface area contributed by atoms with Gasteiger partial charge in [0.05, 0.1) is 12.8 Å². The molecule has 0 unspecified atom stereocenters. The minimum absolute atomic E-state index is 0.257. The second-order valence-corrected chi connectivity index (χ2v) is 6.86. The van der Waals surface area contributed by atoms with Crippen LogP contribution in [0.3, 0.4) is 0 Å². The molecule has 162 valence electrons. The molecule has 9 heteroatoms. The number of rotatable bonds is 7. The third-order valence-electron chi connectivity index (χ3n) is 4.71. The zero-order valence-electron chi connectivity index (χ0n) is 17.8. The van der Waals surface area contributed by atoms with E-state index in [1.165, 1.54) is 7.11 Å². The fourth-order valence-corrected chi connectivity index (χ4v) is 3.16. The molecule has 0 bridgehead atoms. The van der Waals surface area contributed by atoms with Gasteiger partial charge in [0, 0.05) is 30.6 Å². The van der Waals surface area contributed by atoms with Gasteiger partial charge in [0.2, 0.25) is 5.88 Å². The number of benzene rings is 1. The predicted octanol–water partition coefficient (Wildman–Crippen LogP) is 3.91. The number of anilines is 1. The van der Waals surface area contributed by atoms with Crippen molar-refractivity contribution in [2.75, 3.05) is 19.5 Å². The molecule has 0 saturated carbocycles. The summed E-state index contributed by atoms with van der Waals surface area (Å²) in [6.07, 6.45) is 3.32. The van der Waals surface area contributed by atoms with E-state index in [-0.39, 0.29) is 11.8 Å². The van der Waals surface area contributed by atoms with E-state index in [9.17, 15) is 4.79 Å². The number of methoxy groups -OCH3 is 2. The number of aromatic nitrogens is 4. The maximum atomic E-state index is 13.1. The molecule has 0 spiro atoms. The van der Waals surface area contributed by atoms with Crippen LogP contribution < -0.4 is 10.1 Å². The summed E-state index contributed by atoms with van der Waals surface area (Å²) in [4.78, 5) is 26.1. The number of carbonyl (C=O) groups is 1. The molecule has 4 aromatic rings. The molecule has 0 saturated heterocycles. The quantitative estimate of drug-likeness (QED) is 0.469. The lowest BCUT2D eigenvalue weighted by Crippen LogP contribution is -2.14. The summed E-state index contributed by atoms with van der Waals surface area (Å²) in [6, 6.07) is 12.8. The summed E-state index contributed by atoms with van der Waals surface area (Å²) in [5.41, 5.74) is 3.34. The van der Waals surface area contributed by atoms with Crippen molar-refractivity contribution in [1.29, 1.82) is 0 Å². The average molecular weight is 431 g/mol. The molecule has 3 heterocycles. The molecule has 1 aromatic carbocycles. The first kappa shape index (κ1) is 21.1. The van der Waals surface area contributed by atoms with Crippen LogP contribution in [-0.2, 0) is 11.3 Å². The first-order valence-electron chi connectivity index (χ1n) is 9.79. The smallest absolute Gasteiger partial charge is 0.261 e. The van der Waals surface area contributed by atoms with Crippen molar-refractivity contribution in [3.05, 3.63) is 72.0 Å². The Bertz CT molecular complexity index is 1220. The molecule has 0 fully saturated rings. The molecular formula is C23H21N5O4. The van der Waals surface area contributed by atoms with E-state index in [2.05, 4.69) is 25.4 Å². The van der Waals surface area contributed by atoms with Crippen LogP contribution in [0.1, 0.15) is 21.9 Å². The number of aryl methyl sites for hydroxylation is 1. The predicted molar refractivity (Wildman–Crippen MR) is 117 cm³/mol. The molecule has 0 aliphatic rings. The van der Waals surface area contributed by atoms with E-state index in [0.717, 1.165) is 5.56 Å². The van der Waals surface area contributed by atoms with Gasteiger partial charge in [-0.25, -0.2) is 15.0 Å². The lowest BCUT2D eigenvalue weighted by molar-refractivity contribution is 0.102. The van der Waals surface area contributed by atoms with Gasteiger partial charge in [-0.1, -0.05) is 35.5 Å². The Morgan fingerprint density at radius 2 is 1.78 bits per heavy atom. The average Bonchev–Trinajstić information content (AvgIpc) is 3.22. The third kappa shape index (κ3) is 4.33. The molecule has 1 amide bonds. The first-order valence-corrected chi connectivity index (χ1v) is 9.79. The van der Waals surface area contributed by atoms with Crippen LogP contribution >= 0.6 is 0 Å². The molecule has 9 nitrogen and oxygen atoms in total. The van der Waals surface area contributed by atoms with Gasteiger partial charge in [0.15, 0.2) is 5.82 Å². The van der Waals surface area contributed by atoms with E-state index < -0.39 is 0 Å². The molecule has 3 aromatic heterocycles. The van der Waals surface area contributed by atoms with Gasteiger partial charge in [-0.15, -0.1) is 0 Å². The highest BCUT2D eigenvalue weighted by molar-refractivity contribution is 6.09. The Morgan fingerprint density at radius 1 is 1.03 bits per heavy atom. The number of nitrogens with zero attached hydrogens (tertiary/aromatic N) is 4. The topological polar surface area (TPSA) is 112 Å². The van der Waals surface area contributed by atoms with Crippen LogP contribution in [0.2, 0.25) is 0 Å². The summed E-state index contributed by atoms with van der Waals surface area (Å²) in [5, 5.41) is 6.90. The summed E-state index contributed by atoms with van der Waals surface area (Å²) in [7, 11) is 3.07. The van der Waals surface area contributed by atoms with E-state index in [1.54, 1.807) is 38.6 Å². The molecule has 0 aliphatic heterocycles. The Morgan fingerprint density at radius 3 is 2.47 bits per heavy atom. The molecule has 4 rings (SSSR count). The number of ether oxygens (including phenoxy) is 2. The van der Waals surface area contributed by atoms with Gasteiger partial charge in [0.1, 0.15) is 29.3 Å². The third-order valence-corrected chi connectivity index (χ3v) is 4.71. The SMILES string of the molecule is COCc1ncc(-c2ccc(NC(=O)c3c(-c4ccccc4)noc3C)c(OC)n2)cn1. The summed E-state index contributed by atoms with van der Waals surface area (Å²) in [5.74, 6) is 0.874. The van der Waals surface area contributed by atoms with Crippen LogP contribution in [0.5, 0.6) is 5.88 Å². The lowest BCUT2D eigenvalue weighted by atomic mass is 10.1. The minimum Gasteiger partial charge on any atom is -0.479 e. The van der Waals surface area contributed by atoms with E-state index in [4.69, 9.17) is 14.0 Å². The first-order chi connectivity index (χ1) is 15.6. The number of amides is 1. The number of nitrogens with one attached hydrogen (secondary N) is 1. The van der Waals surface area contributed by atoms with Crippen LogP contribution in [0.15, 0.2) is 59.4 Å². The van der Waals surface area contributed by atoms with E-state index >= 15 is 0 Å². The van der Waals surface area contributed by atoms with Gasteiger partial charge >= 0.3 is 0 Å². The fourth-order valence-electron chi connectivity index (χ4n) is 3.16. The molecule has 32 heavy (non-hydrogen) atoms. The van der Waals surface area contributed by atoms with Crippen LogP contribution in [-0.4, -0.2) is 40.2 Å². The van der Waals surface area contributed by atoms with Crippen molar-refractivity contribution in [3.8, 4) is 28.4 Å². The van der Waals surface area contributed by atoms with Crippen molar-refractivity contribution in [2.45, 2.75) is 13.5 Å². The highest BCUT2D eigenvalue weighted by Gasteiger charge is 2.23. The second kappa shape index (κ2) is 9.36. The van der Waals surface area contributed by atoms with Crippen LogP contribution in [0.25, 0.3) is 22.5 Å². The normalized spacial score (nSPS) is 10.7. The van der Waals surface area contributed by atoms with Crippen molar-refractivity contribution in [3.63, 3.8) is 0 Å². The standard InChI is InChI=1S/C23H21N5O4/c1-14-20(21(28-32-14)15-7-5-4-6-8-15)22(29)26-18-10-9-17(27-23(18)31-3)16-11-24-19(13-30-2)25-12-16/h4-12H,13H2,1-3H3,(H,26,29). The van der Waals surface area contributed by atoms with Crippen LogP contribution in [0.4, 0.5) is 5.69 Å². The maximum Gasteiger partial charge on any atom is 0.261 e. The van der Waals surface area contributed by atoms with Gasteiger partial charge in [-0.05, 0) is 19.1 Å². The lowest BCUT2D eigenvalue weighted by Gasteiger charge is -2.11. The van der Waals surface area contributed by atoms with Crippen molar-refractivity contribution < 1.29 is 18.8 Å². The Hall–Kier alpha value is -4.11. The van der Waals surface area contributed by atoms with Gasteiger partial charge in [0.25, 0.3) is 5.91 Å². The van der Waals surface area contributed by atoms with Crippen LogP contribution in [0, 0.1) is 6.92 Å². The number of pyridine rings is 1. The second-order valence-electron chi connectivity index (χ2n) is 6.86. The molecule has 0 aliphatic carbocycles.